The van der Waals surface area contributed by atoms with Crippen LogP contribution in [0.15, 0.2) is 18.2 Å². The Morgan fingerprint density at radius 1 is 1.62 bits per heavy atom. The van der Waals surface area contributed by atoms with Crippen molar-refractivity contribution < 1.29 is 14.6 Å². The first-order valence-electron chi connectivity index (χ1n) is 4.80. The zero-order chi connectivity index (χ0) is 12.1. The topological polar surface area (TPSA) is 72.5 Å². The molecule has 16 heavy (non-hydrogen) atoms. The number of carboxylic acid groups (broad SMARTS) is 1. The number of ether oxygens (including phenoxy) is 1. The summed E-state index contributed by atoms with van der Waals surface area (Å²) in [4.78, 5) is 10.9. The van der Waals surface area contributed by atoms with E-state index in [4.69, 9.17) is 27.2 Å². The van der Waals surface area contributed by atoms with Crippen molar-refractivity contribution in [2.24, 2.45) is 5.73 Å². The van der Waals surface area contributed by atoms with Crippen molar-refractivity contribution in [3.8, 4) is 0 Å². The lowest BCUT2D eigenvalue weighted by atomic mass is 9.98. The Balaban J connectivity index is 2.99. The summed E-state index contributed by atoms with van der Waals surface area (Å²) < 4.78 is 4.96. The predicted molar refractivity (Wildman–Crippen MR) is 61.6 cm³/mol. The second-order valence-electron chi connectivity index (χ2n) is 3.41. The fourth-order valence-corrected chi connectivity index (χ4v) is 1.68. The van der Waals surface area contributed by atoms with E-state index in [2.05, 4.69) is 0 Å². The summed E-state index contributed by atoms with van der Waals surface area (Å²) in [5.74, 6) is -1.66. The molecule has 0 heterocycles. The first-order chi connectivity index (χ1) is 7.60. The van der Waals surface area contributed by atoms with E-state index >= 15 is 0 Å². The Morgan fingerprint density at radius 2 is 2.31 bits per heavy atom. The van der Waals surface area contributed by atoms with Gasteiger partial charge in [0.2, 0.25) is 0 Å². The van der Waals surface area contributed by atoms with Gasteiger partial charge in [0, 0.05) is 18.7 Å². The molecule has 3 N–H and O–H groups in total. The smallest absolute Gasteiger partial charge is 0.312 e. The van der Waals surface area contributed by atoms with Gasteiger partial charge < -0.3 is 15.6 Å². The van der Waals surface area contributed by atoms with Crippen LogP contribution in [0.25, 0.3) is 0 Å². The summed E-state index contributed by atoms with van der Waals surface area (Å²) in [6, 6.07) is 5.10. The minimum absolute atomic E-state index is 0.0509. The van der Waals surface area contributed by atoms with Gasteiger partial charge in [-0.2, -0.15) is 0 Å². The molecule has 0 radical (unpaired) electrons. The van der Waals surface area contributed by atoms with Crippen molar-refractivity contribution in [1.82, 2.24) is 0 Å². The highest BCUT2D eigenvalue weighted by Gasteiger charge is 2.18. The van der Waals surface area contributed by atoms with Crippen LogP contribution in [0.5, 0.6) is 0 Å². The van der Waals surface area contributed by atoms with Gasteiger partial charge in [0.1, 0.15) is 0 Å². The van der Waals surface area contributed by atoms with Gasteiger partial charge in [0.05, 0.1) is 12.5 Å². The van der Waals surface area contributed by atoms with E-state index in [-0.39, 0.29) is 6.54 Å². The molecular weight excluding hydrogens is 230 g/mol. The second kappa shape index (κ2) is 5.84. The quantitative estimate of drug-likeness (QED) is 0.824. The van der Waals surface area contributed by atoms with Crippen molar-refractivity contribution >= 4 is 17.6 Å². The summed E-state index contributed by atoms with van der Waals surface area (Å²) in [5.41, 5.74) is 6.84. The third kappa shape index (κ3) is 2.95. The summed E-state index contributed by atoms with van der Waals surface area (Å²) in [5, 5.41) is 9.44. The number of methoxy groups -OCH3 is 1. The first-order valence-corrected chi connectivity index (χ1v) is 5.18. The standard InChI is InChI=1S/C11H14ClNO3/c1-16-6-8-3-2-7(4-10(8)12)9(5-13)11(14)15/h2-4,9H,5-6,13H2,1H3,(H,14,15). The van der Waals surface area contributed by atoms with E-state index in [1.165, 1.54) is 0 Å². The van der Waals surface area contributed by atoms with E-state index in [0.29, 0.717) is 17.2 Å². The Labute approximate surface area is 99.0 Å². The van der Waals surface area contributed by atoms with E-state index < -0.39 is 11.9 Å². The highest BCUT2D eigenvalue weighted by atomic mass is 35.5. The van der Waals surface area contributed by atoms with Crippen molar-refractivity contribution in [3.05, 3.63) is 34.3 Å². The SMILES string of the molecule is COCc1ccc(C(CN)C(=O)O)cc1Cl. The van der Waals surface area contributed by atoms with E-state index in [0.717, 1.165) is 5.56 Å². The third-order valence-corrected chi connectivity index (χ3v) is 2.66. The molecule has 0 amide bonds. The molecule has 0 bridgehead atoms. The van der Waals surface area contributed by atoms with Crippen LogP contribution in [-0.2, 0) is 16.1 Å². The van der Waals surface area contributed by atoms with Gasteiger partial charge in [-0.05, 0) is 17.2 Å². The maximum absolute atomic E-state index is 10.9. The molecule has 0 spiro atoms. The van der Waals surface area contributed by atoms with Crippen molar-refractivity contribution in [2.75, 3.05) is 13.7 Å². The van der Waals surface area contributed by atoms with Crippen LogP contribution in [0.3, 0.4) is 0 Å². The normalized spacial score (nSPS) is 12.4. The van der Waals surface area contributed by atoms with Crippen LogP contribution in [0, 0.1) is 0 Å². The number of hydrogen-bond acceptors (Lipinski definition) is 3. The molecule has 0 fully saturated rings. The number of carboxylic acids is 1. The first kappa shape index (κ1) is 13.0. The third-order valence-electron chi connectivity index (χ3n) is 2.31. The molecule has 0 aliphatic rings. The number of carbonyl (C=O) groups is 1. The molecule has 1 aromatic rings. The van der Waals surface area contributed by atoms with Gasteiger partial charge in [-0.3, -0.25) is 4.79 Å². The summed E-state index contributed by atoms with van der Waals surface area (Å²) in [7, 11) is 1.57. The number of halogens is 1. The fraction of sp³-hybridized carbons (Fsp3) is 0.364. The average molecular weight is 244 g/mol. The molecule has 0 saturated heterocycles. The van der Waals surface area contributed by atoms with Crippen molar-refractivity contribution in [3.63, 3.8) is 0 Å². The molecule has 5 heteroatoms. The maximum Gasteiger partial charge on any atom is 0.312 e. The fourth-order valence-electron chi connectivity index (χ4n) is 1.43. The van der Waals surface area contributed by atoms with Gasteiger partial charge in [0.25, 0.3) is 0 Å². The molecular formula is C11H14ClNO3. The lowest BCUT2D eigenvalue weighted by Gasteiger charge is -2.12. The van der Waals surface area contributed by atoms with E-state index in [1.54, 1.807) is 25.3 Å². The maximum atomic E-state index is 10.9. The highest BCUT2D eigenvalue weighted by Crippen LogP contribution is 2.23. The Kier molecular flexibility index (Phi) is 4.73. The van der Waals surface area contributed by atoms with Crippen molar-refractivity contribution in [1.29, 1.82) is 0 Å². The molecule has 0 aliphatic carbocycles. The largest absolute Gasteiger partial charge is 0.481 e. The molecule has 1 aromatic carbocycles. The summed E-state index contributed by atoms with van der Waals surface area (Å²) >= 11 is 6.00. The van der Waals surface area contributed by atoms with Crippen LogP contribution < -0.4 is 5.73 Å². The Bertz CT molecular complexity index is 381. The molecule has 0 aromatic heterocycles. The van der Waals surface area contributed by atoms with Gasteiger partial charge in [-0.1, -0.05) is 23.7 Å². The van der Waals surface area contributed by atoms with E-state index in [9.17, 15) is 4.79 Å². The molecule has 88 valence electrons. The number of nitrogens with two attached hydrogens (primary N) is 1. The average Bonchev–Trinajstić information content (AvgIpc) is 2.22. The summed E-state index contributed by atoms with van der Waals surface area (Å²) in [6.07, 6.45) is 0. The highest BCUT2D eigenvalue weighted by molar-refractivity contribution is 6.31. The van der Waals surface area contributed by atoms with Gasteiger partial charge >= 0.3 is 5.97 Å². The number of rotatable bonds is 5. The molecule has 4 nitrogen and oxygen atoms in total. The number of aliphatic carboxylic acids is 1. The van der Waals surface area contributed by atoms with Gasteiger partial charge in [-0.25, -0.2) is 0 Å². The van der Waals surface area contributed by atoms with Crippen LogP contribution in [0.1, 0.15) is 17.0 Å². The van der Waals surface area contributed by atoms with Gasteiger partial charge in [-0.15, -0.1) is 0 Å². The van der Waals surface area contributed by atoms with E-state index in [1.807, 2.05) is 0 Å². The number of hydrogen-bond donors (Lipinski definition) is 2. The minimum atomic E-state index is -0.946. The van der Waals surface area contributed by atoms with Crippen LogP contribution in [0.2, 0.25) is 5.02 Å². The lowest BCUT2D eigenvalue weighted by Crippen LogP contribution is -2.21. The minimum Gasteiger partial charge on any atom is -0.481 e. The predicted octanol–water partition coefficient (Wildman–Crippen LogP) is 1.61. The Morgan fingerprint density at radius 3 is 2.75 bits per heavy atom. The molecule has 1 rings (SSSR count). The Hall–Kier alpha value is -1.10. The zero-order valence-electron chi connectivity index (χ0n) is 8.94. The van der Waals surface area contributed by atoms with Gasteiger partial charge in [0.15, 0.2) is 0 Å². The molecule has 1 atom stereocenters. The lowest BCUT2D eigenvalue weighted by molar-refractivity contribution is -0.138. The summed E-state index contributed by atoms with van der Waals surface area (Å²) in [6.45, 7) is 0.453. The molecule has 1 unspecified atom stereocenters. The van der Waals surface area contributed by atoms with Crippen LogP contribution >= 0.6 is 11.6 Å². The zero-order valence-corrected chi connectivity index (χ0v) is 9.70. The monoisotopic (exact) mass is 243 g/mol. The van der Waals surface area contributed by atoms with Crippen LogP contribution in [-0.4, -0.2) is 24.7 Å². The van der Waals surface area contributed by atoms with Crippen molar-refractivity contribution in [2.45, 2.75) is 12.5 Å². The molecule has 0 aliphatic heterocycles. The van der Waals surface area contributed by atoms with Crippen LogP contribution in [0.4, 0.5) is 0 Å². The molecule has 0 saturated carbocycles. The second-order valence-corrected chi connectivity index (χ2v) is 3.82. The number of benzene rings is 1.